The Morgan fingerprint density at radius 1 is 1.17 bits per heavy atom. The summed E-state index contributed by atoms with van der Waals surface area (Å²) in [7, 11) is 1.53. The van der Waals surface area contributed by atoms with Crippen LogP contribution in [0, 0.1) is 12.7 Å². The molecule has 1 aliphatic carbocycles. The van der Waals surface area contributed by atoms with Gasteiger partial charge < -0.3 is 15.4 Å². The molecule has 2 aromatic heterocycles. The van der Waals surface area contributed by atoms with Crippen LogP contribution in [0.15, 0.2) is 48.2 Å². The number of rotatable bonds is 3. The van der Waals surface area contributed by atoms with E-state index in [-0.39, 0.29) is 5.91 Å². The van der Waals surface area contributed by atoms with E-state index >= 15 is 0 Å². The highest BCUT2D eigenvalue weighted by molar-refractivity contribution is 6.12. The molecule has 5 rings (SSSR count). The molecule has 2 N–H and O–H groups in total. The van der Waals surface area contributed by atoms with Crippen molar-refractivity contribution in [3.8, 4) is 17.0 Å². The number of hydrogen-bond donors (Lipinski definition) is 1. The molecule has 6 nitrogen and oxygen atoms in total. The zero-order chi connectivity index (χ0) is 20.3. The van der Waals surface area contributed by atoms with Crippen molar-refractivity contribution >= 4 is 22.5 Å². The molecule has 0 spiro atoms. The molecule has 1 amide bonds. The van der Waals surface area contributed by atoms with Crippen LogP contribution < -0.4 is 10.5 Å². The third-order valence-corrected chi connectivity index (χ3v) is 5.37. The standard InChI is InChI=1S/C22H17FN4O2/c1-11-13(7-9-17(25-11)29-2)18-15(23)8-6-14-20(24)19-16(26-21(14)18)10-27(22(19)28)12-4-3-5-12/h3-9H,10H2,1-2H3,(H2,24,26). The van der Waals surface area contributed by atoms with Gasteiger partial charge in [-0.2, -0.15) is 0 Å². The molecule has 0 radical (unpaired) electrons. The molecular weight excluding hydrogens is 371 g/mol. The zero-order valence-electron chi connectivity index (χ0n) is 15.9. The molecule has 0 atom stereocenters. The van der Waals surface area contributed by atoms with Crippen LogP contribution in [0.5, 0.6) is 5.88 Å². The van der Waals surface area contributed by atoms with Gasteiger partial charge >= 0.3 is 0 Å². The Bertz CT molecular complexity index is 1280. The Hall–Kier alpha value is -3.74. The van der Waals surface area contributed by atoms with Crippen molar-refractivity contribution in [1.82, 2.24) is 14.9 Å². The second kappa shape index (κ2) is 6.13. The number of aromatic nitrogens is 2. The topological polar surface area (TPSA) is 81.3 Å². The van der Waals surface area contributed by atoms with E-state index in [1.165, 1.54) is 13.2 Å². The van der Waals surface area contributed by atoms with Crippen molar-refractivity contribution in [2.45, 2.75) is 13.5 Å². The minimum atomic E-state index is -0.426. The number of hydrogen-bond acceptors (Lipinski definition) is 5. The largest absolute Gasteiger partial charge is 0.481 e. The molecule has 0 fully saturated rings. The molecule has 7 heteroatoms. The Balaban J connectivity index is 1.75. The summed E-state index contributed by atoms with van der Waals surface area (Å²) in [6.45, 7) is 2.09. The molecule has 2 aliphatic rings. The number of benzene rings is 1. The molecule has 1 aliphatic heterocycles. The van der Waals surface area contributed by atoms with Crippen molar-refractivity contribution in [1.29, 1.82) is 0 Å². The van der Waals surface area contributed by atoms with Crippen molar-refractivity contribution in [3.63, 3.8) is 0 Å². The van der Waals surface area contributed by atoms with Gasteiger partial charge in [0.15, 0.2) is 0 Å². The van der Waals surface area contributed by atoms with Gasteiger partial charge in [0.2, 0.25) is 5.88 Å². The number of ether oxygens (including phenoxy) is 1. The molecular formula is C22H17FN4O2. The first kappa shape index (κ1) is 17.4. The molecule has 1 aromatic carbocycles. The summed E-state index contributed by atoms with van der Waals surface area (Å²) in [5.74, 6) is -0.163. The number of fused-ring (bicyclic) bond motifs is 2. The number of nitrogen functional groups attached to an aromatic ring is 1. The van der Waals surface area contributed by atoms with Gasteiger partial charge in [-0.3, -0.25) is 4.79 Å². The lowest BCUT2D eigenvalue weighted by Crippen LogP contribution is -2.24. The van der Waals surface area contributed by atoms with Gasteiger partial charge in [-0.05, 0) is 37.3 Å². The van der Waals surface area contributed by atoms with Crippen LogP contribution in [-0.4, -0.2) is 27.9 Å². The SMILES string of the molecule is COc1ccc(-c2c(F)ccc3c(N)c4c(nc23)CN(C2=CC=C2)C4=O)c(C)n1. The number of halogens is 1. The molecule has 3 heterocycles. The van der Waals surface area contributed by atoms with Gasteiger partial charge in [0.25, 0.3) is 5.91 Å². The van der Waals surface area contributed by atoms with Crippen molar-refractivity contribution in [3.05, 3.63) is 71.0 Å². The molecule has 0 saturated carbocycles. The van der Waals surface area contributed by atoms with Crippen LogP contribution in [0.1, 0.15) is 21.7 Å². The molecule has 29 heavy (non-hydrogen) atoms. The maximum absolute atomic E-state index is 15.0. The van der Waals surface area contributed by atoms with Gasteiger partial charge in [0.05, 0.1) is 36.1 Å². The number of pyridine rings is 2. The number of nitrogens with zero attached hydrogens (tertiary/aromatic N) is 3. The average Bonchev–Trinajstić information content (AvgIpc) is 2.97. The second-order valence-corrected chi connectivity index (χ2v) is 6.99. The van der Waals surface area contributed by atoms with Crippen LogP contribution in [-0.2, 0) is 6.54 Å². The summed E-state index contributed by atoms with van der Waals surface area (Å²) in [6.07, 6.45) is 5.58. The number of anilines is 1. The van der Waals surface area contributed by atoms with E-state index < -0.39 is 5.82 Å². The van der Waals surface area contributed by atoms with Crippen LogP contribution in [0.2, 0.25) is 0 Å². The van der Waals surface area contributed by atoms with Crippen LogP contribution in [0.4, 0.5) is 10.1 Å². The number of aryl methyl sites for hydroxylation is 1. The maximum atomic E-state index is 15.0. The van der Waals surface area contributed by atoms with Gasteiger partial charge in [-0.25, -0.2) is 14.4 Å². The maximum Gasteiger partial charge on any atom is 0.262 e. The average molecular weight is 388 g/mol. The fourth-order valence-corrected chi connectivity index (χ4v) is 3.83. The summed E-state index contributed by atoms with van der Waals surface area (Å²) >= 11 is 0. The Labute approximate surface area is 166 Å². The third kappa shape index (κ3) is 2.44. The van der Waals surface area contributed by atoms with E-state index in [1.54, 1.807) is 30.0 Å². The minimum Gasteiger partial charge on any atom is -0.481 e. The van der Waals surface area contributed by atoms with Gasteiger partial charge in [0.1, 0.15) is 5.82 Å². The van der Waals surface area contributed by atoms with E-state index in [9.17, 15) is 9.18 Å². The fraction of sp³-hybridized carbons (Fsp3) is 0.136. The normalized spacial score (nSPS) is 14.8. The summed E-state index contributed by atoms with van der Waals surface area (Å²) in [4.78, 5) is 23.5. The molecule has 0 unspecified atom stereocenters. The molecule has 144 valence electrons. The predicted molar refractivity (Wildman–Crippen MR) is 108 cm³/mol. The minimum absolute atomic E-state index is 0.185. The number of carbonyl (C=O) groups is 1. The first-order valence-electron chi connectivity index (χ1n) is 9.12. The van der Waals surface area contributed by atoms with E-state index in [2.05, 4.69) is 9.97 Å². The first-order valence-corrected chi connectivity index (χ1v) is 9.12. The number of nitrogens with two attached hydrogens (primary N) is 1. The predicted octanol–water partition coefficient (Wildman–Crippen LogP) is 3.74. The fourth-order valence-electron chi connectivity index (χ4n) is 3.83. The molecule has 3 aromatic rings. The van der Waals surface area contributed by atoms with E-state index in [0.29, 0.717) is 57.1 Å². The molecule has 0 saturated heterocycles. The van der Waals surface area contributed by atoms with Crippen molar-refractivity contribution < 1.29 is 13.9 Å². The Morgan fingerprint density at radius 2 is 1.97 bits per heavy atom. The highest BCUT2D eigenvalue weighted by Gasteiger charge is 2.34. The molecule has 0 bridgehead atoms. The van der Waals surface area contributed by atoms with Crippen LogP contribution >= 0.6 is 0 Å². The zero-order valence-corrected chi connectivity index (χ0v) is 15.9. The third-order valence-electron chi connectivity index (χ3n) is 5.37. The summed E-state index contributed by atoms with van der Waals surface area (Å²) in [6, 6.07) is 6.35. The van der Waals surface area contributed by atoms with Crippen molar-refractivity contribution in [2.75, 3.05) is 12.8 Å². The van der Waals surface area contributed by atoms with E-state index in [1.807, 2.05) is 18.2 Å². The highest BCUT2D eigenvalue weighted by atomic mass is 19.1. The smallest absolute Gasteiger partial charge is 0.262 e. The number of allylic oxidation sites excluding steroid dienone is 3. The van der Waals surface area contributed by atoms with Crippen LogP contribution in [0.25, 0.3) is 22.0 Å². The quantitative estimate of drug-likeness (QED) is 0.739. The van der Waals surface area contributed by atoms with Crippen LogP contribution in [0.3, 0.4) is 0 Å². The summed E-state index contributed by atoms with van der Waals surface area (Å²) in [5.41, 5.74) is 10.4. The first-order chi connectivity index (χ1) is 14.0. The Morgan fingerprint density at radius 3 is 2.62 bits per heavy atom. The second-order valence-electron chi connectivity index (χ2n) is 6.99. The highest BCUT2D eigenvalue weighted by Crippen LogP contribution is 2.39. The Kier molecular flexibility index (Phi) is 3.67. The van der Waals surface area contributed by atoms with Crippen molar-refractivity contribution in [2.24, 2.45) is 0 Å². The number of amides is 1. The number of methoxy groups -OCH3 is 1. The van der Waals surface area contributed by atoms with Gasteiger partial charge in [-0.1, -0.05) is 6.08 Å². The van der Waals surface area contributed by atoms with E-state index in [4.69, 9.17) is 10.5 Å². The summed E-state index contributed by atoms with van der Waals surface area (Å²) in [5, 5.41) is 0.545. The van der Waals surface area contributed by atoms with Gasteiger partial charge in [-0.15, -0.1) is 0 Å². The number of carbonyl (C=O) groups excluding carboxylic acids is 1. The van der Waals surface area contributed by atoms with E-state index in [0.717, 1.165) is 5.70 Å². The monoisotopic (exact) mass is 388 g/mol. The summed E-state index contributed by atoms with van der Waals surface area (Å²) < 4.78 is 20.1. The lowest BCUT2D eigenvalue weighted by Gasteiger charge is -2.19. The lowest BCUT2D eigenvalue weighted by molar-refractivity contribution is 0.0831. The van der Waals surface area contributed by atoms with Gasteiger partial charge in [0, 0.05) is 34.0 Å². The lowest BCUT2D eigenvalue weighted by atomic mass is 9.97.